The minimum atomic E-state index is -0.406. The number of aromatic hydroxyl groups is 1. The fourth-order valence-corrected chi connectivity index (χ4v) is 4.62. The highest BCUT2D eigenvalue weighted by Crippen LogP contribution is 2.36. The smallest absolute Gasteiger partial charge is 0.259 e. The zero-order valence-corrected chi connectivity index (χ0v) is 18.3. The zero-order valence-electron chi connectivity index (χ0n) is 18.3. The third-order valence-electron chi connectivity index (χ3n) is 6.36. The van der Waals surface area contributed by atoms with E-state index in [1.807, 2.05) is 29.8 Å². The first-order chi connectivity index (χ1) is 15.4. The summed E-state index contributed by atoms with van der Waals surface area (Å²) in [5.41, 5.74) is 2.95. The number of aryl methyl sites for hydroxylation is 2. The second-order valence-corrected chi connectivity index (χ2v) is 8.54. The monoisotopic (exact) mass is 437 g/mol. The molecule has 9 heteroatoms. The molecule has 0 aliphatic carbocycles. The number of nitrogens with zero attached hydrogens (tertiary/aromatic N) is 4. The molecule has 168 valence electrons. The number of nitrogens with one attached hydrogen (secondary N) is 1. The van der Waals surface area contributed by atoms with Gasteiger partial charge in [0.2, 0.25) is 0 Å². The molecule has 3 aromatic rings. The Labute approximate surface area is 185 Å². The van der Waals surface area contributed by atoms with Crippen LogP contribution in [0.5, 0.6) is 5.75 Å². The van der Waals surface area contributed by atoms with Crippen LogP contribution < -0.4 is 5.32 Å². The Morgan fingerprint density at radius 2 is 1.97 bits per heavy atom. The van der Waals surface area contributed by atoms with E-state index in [1.54, 1.807) is 22.7 Å². The summed E-state index contributed by atoms with van der Waals surface area (Å²) in [5.74, 6) is 0.181. The maximum atomic E-state index is 12.9. The molecule has 1 atom stereocenters. The summed E-state index contributed by atoms with van der Waals surface area (Å²) in [7, 11) is 3.66. The van der Waals surface area contributed by atoms with E-state index < -0.39 is 6.10 Å². The highest BCUT2D eigenvalue weighted by atomic mass is 16.5. The van der Waals surface area contributed by atoms with Crippen molar-refractivity contribution in [3.05, 3.63) is 30.0 Å². The molecule has 1 aromatic carbocycles. The number of rotatable bonds is 4. The minimum Gasteiger partial charge on any atom is -0.505 e. The summed E-state index contributed by atoms with van der Waals surface area (Å²) in [6.45, 7) is 2.05. The number of amides is 2. The van der Waals surface area contributed by atoms with Crippen LogP contribution in [0.15, 0.2) is 24.4 Å². The lowest BCUT2D eigenvalue weighted by Gasteiger charge is -2.14. The molecular weight excluding hydrogens is 410 g/mol. The topological polar surface area (TPSA) is 102 Å². The molecule has 0 bridgehead atoms. The lowest BCUT2D eigenvalue weighted by atomic mass is 10.2. The maximum absolute atomic E-state index is 12.9. The molecule has 2 aromatic heterocycles. The molecule has 2 N–H and O–H groups in total. The summed E-state index contributed by atoms with van der Waals surface area (Å²) in [5, 5.41) is 13.8. The first-order valence-corrected chi connectivity index (χ1v) is 11.0. The van der Waals surface area contributed by atoms with Crippen molar-refractivity contribution in [3.63, 3.8) is 0 Å². The standard InChI is InChI=1S/C23H27N5O4/c1-26-13-15(23(31)28-9-3-4-10-28)20(29)19(26)21-25-16-12-14(7-8-17(16)27(21)2)24-22(30)18-6-5-11-32-18/h7-8,12-13,18,29H,3-6,9-11H2,1-2H3,(H,24,30)/t18-/m1/s1. The van der Waals surface area contributed by atoms with Crippen LogP contribution in [0.1, 0.15) is 36.0 Å². The molecule has 0 unspecified atom stereocenters. The van der Waals surface area contributed by atoms with E-state index in [1.165, 1.54) is 0 Å². The molecule has 2 aliphatic rings. The van der Waals surface area contributed by atoms with Crippen molar-refractivity contribution in [1.82, 2.24) is 19.0 Å². The van der Waals surface area contributed by atoms with Crippen LogP contribution >= 0.6 is 0 Å². The lowest BCUT2D eigenvalue weighted by molar-refractivity contribution is -0.124. The molecule has 5 rings (SSSR count). The van der Waals surface area contributed by atoms with Crippen molar-refractivity contribution in [2.24, 2.45) is 14.1 Å². The van der Waals surface area contributed by atoms with E-state index >= 15 is 0 Å². The Balaban J connectivity index is 1.47. The van der Waals surface area contributed by atoms with Gasteiger partial charge in [-0.3, -0.25) is 9.59 Å². The number of fused-ring (bicyclic) bond motifs is 1. The predicted molar refractivity (Wildman–Crippen MR) is 120 cm³/mol. The quantitative estimate of drug-likeness (QED) is 0.653. The number of carbonyl (C=O) groups is 2. The Bertz CT molecular complexity index is 1200. The number of hydrogen-bond donors (Lipinski definition) is 2. The number of carbonyl (C=O) groups excluding carboxylic acids is 2. The average molecular weight is 438 g/mol. The predicted octanol–water partition coefficient (Wildman–Crippen LogP) is 2.64. The fraction of sp³-hybridized carbons (Fsp3) is 0.435. The summed E-state index contributed by atoms with van der Waals surface area (Å²) in [4.78, 5) is 31.7. The van der Waals surface area contributed by atoms with Crippen LogP contribution in [0.25, 0.3) is 22.6 Å². The Kier molecular flexibility index (Phi) is 5.13. The SMILES string of the molecule is Cn1cc(C(=O)N2CCCC2)c(O)c1-c1nc2cc(NC(=O)[C@H]3CCCO3)ccc2n1C. The molecule has 0 spiro atoms. The van der Waals surface area contributed by atoms with Crippen LogP contribution in [0.4, 0.5) is 5.69 Å². The van der Waals surface area contributed by atoms with Gasteiger partial charge < -0.3 is 29.2 Å². The fourth-order valence-electron chi connectivity index (χ4n) is 4.62. The molecule has 0 saturated carbocycles. The third-order valence-corrected chi connectivity index (χ3v) is 6.36. The van der Waals surface area contributed by atoms with Crippen molar-refractivity contribution in [3.8, 4) is 17.3 Å². The molecule has 2 amide bonds. The molecule has 32 heavy (non-hydrogen) atoms. The first-order valence-electron chi connectivity index (χ1n) is 11.0. The second kappa shape index (κ2) is 7.98. The molecular formula is C23H27N5O4. The van der Waals surface area contributed by atoms with E-state index in [4.69, 9.17) is 9.72 Å². The van der Waals surface area contributed by atoms with Crippen molar-refractivity contribution in [2.75, 3.05) is 25.0 Å². The number of anilines is 1. The minimum absolute atomic E-state index is 0.0604. The van der Waals surface area contributed by atoms with Gasteiger partial charge in [0.25, 0.3) is 11.8 Å². The van der Waals surface area contributed by atoms with Gasteiger partial charge in [0.15, 0.2) is 11.6 Å². The number of benzene rings is 1. The Hall–Kier alpha value is -3.33. The molecule has 4 heterocycles. The van der Waals surface area contributed by atoms with Crippen molar-refractivity contribution < 1.29 is 19.4 Å². The van der Waals surface area contributed by atoms with E-state index in [-0.39, 0.29) is 17.6 Å². The van der Waals surface area contributed by atoms with E-state index in [0.29, 0.717) is 34.9 Å². The van der Waals surface area contributed by atoms with Crippen LogP contribution in [-0.4, -0.2) is 61.7 Å². The average Bonchev–Trinajstić information content (AvgIpc) is 3.56. The van der Waals surface area contributed by atoms with Gasteiger partial charge in [-0.15, -0.1) is 0 Å². The zero-order chi connectivity index (χ0) is 22.4. The van der Waals surface area contributed by atoms with Gasteiger partial charge in [-0.05, 0) is 43.9 Å². The van der Waals surface area contributed by atoms with Gasteiger partial charge in [0.05, 0.1) is 16.6 Å². The molecule has 2 fully saturated rings. The summed E-state index contributed by atoms with van der Waals surface area (Å²) >= 11 is 0. The summed E-state index contributed by atoms with van der Waals surface area (Å²) in [6.07, 6.45) is 4.86. The number of aromatic nitrogens is 3. The van der Waals surface area contributed by atoms with Gasteiger partial charge in [-0.25, -0.2) is 4.98 Å². The molecule has 0 radical (unpaired) electrons. The van der Waals surface area contributed by atoms with Crippen LogP contribution in [-0.2, 0) is 23.6 Å². The molecule has 2 saturated heterocycles. The number of hydrogen-bond acceptors (Lipinski definition) is 5. The van der Waals surface area contributed by atoms with E-state index in [2.05, 4.69) is 5.32 Å². The van der Waals surface area contributed by atoms with Gasteiger partial charge >= 0.3 is 0 Å². The molecule has 9 nitrogen and oxygen atoms in total. The Morgan fingerprint density at radius 1 is 1.19 bits per heavy atom. The first kappa shape index (κ1) is 20.6. The van der Waals surface area contributed by atoms with E-state index in [0.717, 1.165) is 44.3 Å². The van der Waals surface area contributed by atoms with Crippen molar-refractivity contribution in [2.45, 2.75) is 31.8 Å². The largest absolute Gasteiger partial charge is 0.505 e. The molecule has 2 aliphatic heterocycles. The van der Waals surface area contributed by atoms with Crippen molar-refractivity contribution >= 4 is 28.5 Å². The van der Waals surface area contributed by atoms with Gasteiger partial charge in [-0.1, -0.05) is 0 Å². The van der Waals surface area contributed by atoms with E-state index in [9.17, 15) is 14.7 Å². The van der Waals surface area contributed by atoms with Crippen molar-refractivity contribution in [1.29, 1.82) is 0 Å². The highest BCUT2D eigenvalue weighted by molar-refractivity contribution is 6.00. The number of imidazole rings is 1. The normalized spacial score (nSPS) is 18.6. The number of ether oxygens (including phenoxy) is 1. The third kappa shape index (κ3) is 3.42. The number of likely N-dealkylation sites (tertiary alicyclic amines) is 1. The van der Waals surface area contributed by atoms with Crippen LogP contribution in [0, 0.1) is 0 Å². The van der Waals surface area contributed by atoms with Gasteiger partial charge in [0, 0.05) is 45.7 Å². The van der Waals surface area contributed by atoms with Gasteiger partial charge in [0.1, 0.15) is 11.8 Å². The lowest BCUT2D eigenvalue weighted by Crippen LogP contribution is -2.27. The Morgan fingerprint density at radius 3 is 2.69 bits per heavy atom. The highest BCUT2D eigenvalue weighted by Gasteiger charge is 2.28. The second-order valence-electron chi connectivity index (χ2n) is 8.54. The maximum Gasteiger partial charge on any atom is 0.259 e. The van der Waals surface area contributed by atoms with Crippen LogP contribution in [0.2, 0.25) is 0 Å². The summed E-state index contributed by atoms with van der Waals surface area (Å²) in [6, 6.07) is 5.52. The summed E-state index contributed by atoms with van der Waals surface area (Å²) < 4.78 is 9.06. The van der Waals surface area contributed by atoms with Crippen LogP contribution in [0.3, 0.4) is 0 Å². The van der Waals surface area contributed by atoms with Gasteiger partial charge in [-0.2, -0.15) is 0 Å².